The molecule has 0 unspecified atom stereocenters. The van der Waals surface area contributed by atoms with Gasteiger partial charge in [0, 0.05) is 5.56 Å². The number of aromatic hydroxyl groups is 2. The molecule has 0 heterocycles. The minimum atomic E-state index is -1.11. The number of hydrogen-bond acceptors (Lipinski definition) is 3. The van der Waals surface area contributed by atoms with Crippen LogP contribution in [0, 0.1) is 17.1 Å². The molecule has 0 saturated heterocycles. The Bertz CT molecular complexity index is 387. The highest BCUT2D eigenvalue weighted by Crippen LogP contribution is 2.35. The van der Waals surface area contributed by atoms with Crippen LogP contribution in [0.5, 0.6) is 11.5 Å². The molecule has 0 aliphatic rings. The second-order valence-electron chi connectivity index (χ2n) is 2.36. The highest BCUT2D eigenvalue weighted by molar-refractivity contribution is 9.10. The monoisotopic (exact) mass is 245 g/mol. The number of phenols is 2. The van der Waals surface area contributed by atoms with Gasteiger partial charge in [0.2, 0.25) is 5.82 Å². The molecule has 0 aliphatic heterocycles. The van der Waals surface area contributed by atoms with E-state index >= 15 is 0 Å². The van der Waals surface area contributed by atoms with Crippen molar-refractivity contribution in [2.75, 3.05) is 0 Å². The molecule has 5 heteroatoms. The van der Waals surface area contributed by atoms with Crippen LogP contribution < -0.4 is 0 Å². The number of phenolic OH excluding ortho intramolecular Hbond substituents is 2. The molecule has 0 saturated carbocycles. The molecule has 2 N–H and O–H groups in total. The topological polar surface area (TPSA) is 64.2 Å². The second kappa shape index (κ2) is 3.62. The van der Waals surface area contributed by atoms with Crippen molar-refractivity contribution in [2.45, 2.75) is 6.42 Å². The Morgan fingerprint density at radius 3 is 2.62 bits per heavy atom. The van der Waals surface area contributed by atoms with Crippen molar-refractivity contribution in [1.29, 1.82) is 5.26 Å². The molecule has 0 spiro atoms. The zero-order valence-electron chi connectivity index (χ0n) is 6.38. The minimum absolute atomic E-state index is 0.109. The van der Waals surface area contributed by atoms with Gasteiger partial charge in [-0.1, -0.05) is 0 Å². The zero-order chi connectivity index (χ0) is 10.0. The number of nitriles is 1. The molecule has 0 aliphatic carbocycles. The maximum Gasteiger partial charge on any atom is 0.207 e. The third-order valence-corrected chi connectivity index (χ3v) is 2.12. The summed E-state index contributed by atoms with van der Waals surface area (Å²) in [6.45, 7) is 0. The van der Waals surface area contributed by atoms with E-state index in [1.54, 1.807) is 6.07 Å². The lowest BCUT2D eigenvalue weighted by Gasteiger charge is -2.05. The predicted molar refractivity (Wildman–Crippen MR) is 46.7 cm³/mol. The summed E-state index contributed by atoms with van der Waals surface area (Å²) < 4.78 is 13.1. The van der Waals surface area contributed by atoms with Crippen molar-refractivity contribution in [2.24, 2.45) is 0 Å². The summed E-state index contributed by atoms with van der Waals surface area (Å²) >= 11 is 2.89. The van der Waals surface area contributed by atoms with Crippen molar-refractivity contribution in [3.05, 3.63) is 21.9 Å². The summed E-state index contributed by atoms with van der Waals surface area (Å²) in [5.74, 6) is -2.44. The van der Waals surface area contributed by atoms with E-state index in [4.69, 9.17) is 15.5 Å². The van der Waals surface area contributed by atoms with Crippen molar-refractivity contribution in [3.63, 3.8) is 0 Å². The smallest absolute Gasteiger partial charge is 0.207 e. The largest absolute Gasteiger partial charge is 0.505 e. The van der Waals surface area contributed by atoms with E-state index in [2.05, 4.69) is 15.9 Å². The normalized spacial score (nSPS) is 9.62. The minimum Gasteiger partial charge on any atom is -0.505 e. The van der Waals surface area contributed by atoms with Gasteiger partial charge in [0.25, 0.3) is 0 Å². The van der Waals surface area contributed by atoms with E-state index in [1.165, 1.54) is 6.07 Å². The Morgan fingerprint density at radius 2 is 2.08 bits per heavy atom. The van der Waals surface area contributed by atoms with Crippen molar-refractivity contribution in [1.82, 2.24) is 0 Å². The van der Waals surface area contributed by atoms with Crippen LogP contribution in [0.1, 0.15) is 5.56 Å². The molecule has 0 aromatic heterocycles. The van der Waals surface area contributed by atoms with E-state index in [0.717, 1.165) is 0 Å². The van der Waals surface area contributed by atoms with E-state index in [9.17, 15) is 4.39 Å². The zero-order valence-corrected chi connectivity index (χ0v) is 7.97. The number of nitrogens with zero attached hydrogens (tertiary/aromatic N) is 1. The van der Waals surface area contributed by atoms with Gasteiger partial charge in [-0.25, -0.2) is 0 Å². The summed E-state index contributed by atoms with van der Waals surface area (Å²) in [5.41, 5.74) is 0.143. The van der Waals surface area contributed by atoms with Crippen LogP contribution in [0.4, 0.5) is 4.39 Å². The third-order valence-electron chi connectivity index (χ3n) is 1.52. The molecule has 13 heavy (non-hydrogen) atoms. The van der Waals surface area contributed by atoms with Gasteiger partial charge in [0.15, 0.2) is 11.5 Å². The van der Waals surface area contributed by atoms with E-state index in [1.807, 2.05) is 0 Å². The van der Waals surface area contributed by atoms with Crippen LogP contribution in [-0.2, 0) is 6.42 Å². The first-order valence-electron chi connectivity index (χ1n) is 3.33. The summed E-state index contributed by atoms with van der Waals surface area (Å²) in [6, 6.07) is 3.07. The lowest BCUT2D eigenvalue weighted by atomic mass is 10.1. The molecule has 0 radical (unpaired) electrons. The molecule has 0 fully saturated rings. The van der Waals surface area contributed by atoms with Crippen LogP contribution in [0.2, 0.25) is 0 Å². The summed E-state index contributed by atoms with van der Waals surface area (Å²) in [5, 5.41) is 26.5. The lowest BCUT2D eigenvalue weighted by Crippen LogP contribution is -1.88. The molecule has 0 amide bonds. The fourth-order valence-corrected chi connectivity index (χ4v) is 1.32. The average molecular weight is 246 g/mol. The quantitative estimate of drug-likeness (QED) is 0.797. The van der Waals surface area contributed by atoms with Crippen LogP contribution in [0.25, 0.3) is 0 Å². The first kappa shape index (κ1) is 9.81. The second-order valence-corrected chi connectivity index (χ2v) is 3.22. The van der Waals surface area contributed by atoms with E-state index < -0.39 is 17.3 Å². The molecular formula is C8H5BrFNO2. The molecular weight excluding hydrogens is 241 g/mol. The van der Waals surface area contributed by atoms with Gasteiger partial charge < -0.3 is 10.2 Å². The maximum atomic E-state index is 12.9. The molecule has 0 bridgehead atoms. The Morgan fingerprint density at radius 1 is 1.46 bits per heavy atom. The highest BCUT2D eigenvalue weighted by Gasteiger charge is 2.15. The fraction of sp³-hybridized carbons (Fsp3) is 0.125. The molecule has 1 rings (SSSR count). The van der Waals surface area contributed by atoms with Gasteiger partial charge in [0.05, 0.1) is 17.0 Å². The Labute approximate surface area is 82.2 Å². The Hall–Kier alpha value is -1.28. The molecule has 3 nitrogen and oxygen atoms in total. The molecule has 68 valence electrons. The highest BCUT2D eigenvalue weighted by atomic mass is 79.9. The summed E-state index contributed by atoms with van der Waals surface area (Å²) in [7, 11) is 0. The first-order chi connectivity index (χ1) is 6.07. The van der Waals surface area contributed by atoms with Gasteiger partial charge in [0.1, 0.15) is 0 Å². The molecule has 1 aromatic rings. The third kappa shape index (κ3) is 1.73. The van der Waals surface area contributed by atoms with Gasteiger partial charge in [-0.2, -0.15) is 9.65 Å². The summed E-state index contributed by atoms with van der Waals surface area (Å²) in [4.78, 5) is 0. The van der Waals surface area contributed by atoms with E-state index in [-0.39, 0.29) is 16.5 Å². The van der Waals surface area contributed by atoms with E-state index in [0.29, 0.717) is 0 Å². The molecule has 0 atom stereocenters. The maximum absolute atomic E-state index is 12.9. The number of halogens is 2. The van der Waals surface area contributed by atoms with Crippen LogP contribution in [-0.4, -0.2) is 10.2 Å². The molecule has 1 aromatic carbocycles. The van der Waals surface area contributed by atoms with Crippen molar-refractivity contribution in [3.8, 4) is 17.6 Å². The van der Waals surface area contributed by atoms with Gasteiger partial charge in [-0.3, -0.25) is 0 Å². The van der Waals surface area contributed by atoms with Crippen molar-refractivity contribution < 1.29 is 14.6 Å². The number of benzene rings is 1. The van der Waals surface area contributed by atoms with Crippen molar-refractivity contribution >= 4 is 15.9 Å². The van der Waals surface area contributed by atoms with Gasteiger partial charge >= 0.3 is 0 Å². The van der Waals surface area contributed by atoms with Crippen LogP contribution in [0.15, 0.2) is 10.5 Å². The predicted octanol–water partition coefficient (Wildman–Crippen LogP) is 2.07. The van der Waals surface area contributed by atoms with Gasteiger partial charge in [-0.15, -0.1) is 0 Å². The first-order valence-corrected chi connectivity index (χ1v) is 4.13. The van der Waals surface area contributed by atoms with Crippen LogP contribution in [0.3, 0.4) is 0 Å². The summed E-state index contributed by atoms with van der Waals surface area (Å²) in [6.07, 6.45) is -0.109. The Kier molecular flexibility index (Phi) is 2.73. The SMILES string of the molecule is N#CCc1cc(Br)c(O)c(F)c1O. The Balaban J connectivity index is 3.34. The lowest BCUT2D eigenvalue weighted by molar-refractivity contribution is 0.384. The standard InChI is InChI=1S/C8H5BrFNO2/c9-5-3-4(1-2-11)7(12)6(10)8(5)13/h3,12-13H,1H2. The fourth-order valence-electron chi connectivity index (χ4n) is 0.868. The average Bonchev–Trinajstić information content (AvgIpc) is 2.11. The number of hydrogen-bond donors (Lipinski definition) is 2. The van der Waals surface area contributed by atoms with Gasteiger partial charge in [-0.05, 0) is 22.0 Å². The van der Waals surface area contributed by atoms with Crippen LogP contribution >= 0.6 is 15.9 Å². The number of rotatable bonds is 1.